The first-order valence-electron chi connectivity index (χ1n) is 5.04. The van der Waals surface area contributed by atoms with Crippen molar-refractivity contribution in [3.63, 3.8) is 0 Å². The fourth-order valence-electron chi connectivity index (χ4n) is 0.964. The van der Waals surface area contributed by atoms with E-state index in [-0.39, 0.29) is 18.5 Å². The van der Waals surface area contributed by atoms with Gasteiger partial charge in [-0.15, -0.1) is 0 Å². The summed E-state index contributed by atoms with van der Waals surface area (Å²) in [7, 11) is 0. The van der Waals surface area contributed by atoms with Gasteiger partial charge in [-0.1, -0.05) is 0 Å². The number of carbonyl (C=O) groups is 1. The molecular weight excluding hydrogens is 184 g/mol. The lowest BCUT2D eigenvalue weighted by Gasteiger charge is -2.06. The van der Waals surface area contributed by atoms with E-state index in [0.29, 0.717) is 25.9 Å². The van der Waals surface area contributed by atoms with Crippen LogP contribution in [0.15, 0.2) is 0 Å². The molecule has 0 aromatic carbocycles. The second-order valence-electron chi connectivity index (χ2n) is 3.60. The monoisotopic (exact) mass is 204 g/mol. The average molecular weight is 204 g/mol. The van der Waals surface area contributed by atoms with Crippen LogP contribution in [0.25, 0.3) is 0 Å². The van der Waals surface area contributed by atoms with Crippen molar-refractivity contribution >= 4 is 5.97 Å². The number of aliphatic hydroxyl groups excluding tert-OH is 2. The van der Waals surface area contributed by atoms with E-state index in [4.69, 9.17) is 14.9 Å². The lowest BCUT2D eigenvalue weighted by Crippen LogP contribution is -2.10. The molecule has 0 fully saturated rings. The molecule has 0 aromatic heterocycles. The van der Waals surface area contributed by atoms with Gasteiger partial charge in [-0.25, -0.2) is 0 Å². The number of esters is 1. The van der Waals surface area contributed by atoms with E-state index in [2.05, 4.69) is 0 Å². The van der Waals surface area contributed by atoms with Gasteiger partial charge >= 0.3 is 5.97 Å². The molecule has 0 saturated heterocycles. The van der Waals surface area contributed by atoms with Crippen molar-refractivity contribution in [1.82, 2.24) is 0 Å². The summed E-state index contributed by atoms with van der Waals surface area (Å²) in [6.45, 7) is 3.69. The lowest BCUT2D eigenvalue weighted by molar-refractivity contribution is -0.144. The molecule has 4 heteroatoms. The van der Waals surface area contributed by atoms with Gasteiger partial charge in [0.25, 0.3) is 0 Å². The largest absolute Gasteiger partial charge is 0.466 e. The summed E-state index contributed by atoms with van der Waals surface area (Å²) in [6.07, 6.45) is 1.22. The van der Waals surface area contributed by atoms with E-state index in [0.717, 1.165) is 0 Å². The molecule has 0 aliphatic heterocycles. The predicted octanol–water partition coefficient (Wildman–Crippen LogP) is 0.852. The lowest BCUT2D eigenvalue weighted by atomic mass is 10.2. The van der Waals surface area contributed by atoms with Crippen molar-refractivity contribution in [1.29, 1.82) is 0 Å². The van der Waals surface area contributed by atoms with Gasteiger partial charge in [0.05, 0.1) is 18.8 Å². The van der Waals surface area contributed by atoms with Crippen molar-refractivity contribution in [2.75, 3.05) is 6.61 Å². The Morgan fingerprint density at radius 3 is 2.29 bits per heavy atom. The molecule has 0 heterocycles. The molecule has 0 aliphatic rings. The number of ether oxygens (including phenoxy) is 1. The van der Waals surface area contributed by atoms with Crippen molar-refractivity contribution in [2.24, 2.45) is 0 Å². The Balaban J connectivity index is 3.27. The Morgan fingerprint density at radius 2 is 1.79 bits per heavy atom. The minimum absolute atomic E-state index is 0.256. The molecule has 2 atom stereocenters. The Kier molecular flexibility index (Phi) is 7.42. The Hall–Kier alpha value is -0.610. The summed E-state index contributed by atoms with van der Waals surface area (Å²) in [4.78, 5) is 11.0. The second kappa shape index (κ2) is 7.76. The van der Waals surface area contributed by atoms with Gasteiger partial charge in [0.1, 0.15) is 0 Å². The van der Waals surface area contributed by atoms with Gasteiger partial charge < -0.3 is 14.9 Å². The van der Waals surface area contributed by atoms with Crippen molar-refractivity contribution in [3.8, 4) is 0 Å². The van der Waals surface area contributed by atoms with Gasteiger partial charge in [0, 0.05) is 6.42 Å². The molecule has 0 bridgehead atoms. The van der Waals surface area contributed by atoms with Crippen LogP contribution in [0.3, 0.4) is 0 Å². The van der Waals surface area contributed by atoms with Gasteiger partial charge in [0.2, 0.25) is 0 Å². The summed E-state index contributed by atoms with van der Waals surface area (Å²) in [5.74, 6) is -0.281. The van der Waals surface area contributed by atoms with Crippen LogP contribution in [0.1, 0.15) is 39.5 Å². The van der Waals surface area contributed by atoms with Crippen molar-refractivity contribution in [2.45, 2.75) is 51.7 Å². The fourth-order valence-corrected chi connectivity index (χ4v) is 0.964. The van der Waals surface area contributed by atoms with Crippen LogP contribution < -0.4 is 0 Å². The molecular formula is C10H20O4. The summed E-state index contributed by atoms with van der Waals surface area (Å²) in [6, 6.07) is 0. The third-order valence-corrected chi connectivity index (χ3v) is 1.80. The maximum atomic E-state index is 11.0. The minimum atomic E-state index is -0.458. The second-order valence-corrected chi connectivity index (χ2v) is 3.60. The van der Waals surface area contributed by atoms with E-state index in [1.165, 1.54) is 0 Å². The summed E-state index contributed by atoms with van der Waals surface area (Å²) < 4.78 is 4.88. The number of rotatable bonds is 7. The quantitative estimate of drug-likeness (QED) is 0.476. The van der Waals surface area contributed by atoms with Crippen LogP contribution in [0.4, 0.5) is 0 Å². The first-order chi connectivity index (χ1) is 6.52. The van der Waals surface area contributed by atoms with E-state index in [9.17, 15) is 4.79 Å². The highest BCUT2D eigenvalue weighted by Gasteiger charge is 2.05. The highest BCUT2D eigenvalue weighted by molar-refractivity contribution is 5.69. The molecule has 2 unspecified atom stereocenters. The Labute approximate surface area is 84.9 Å². The number of carbonyl (C=O) groups excluding carboxylic acids is 1. The first-order valence-corrected chi connectivity index (χ1v) is 5.04. The normalized spacial score (nSPS) is 14.9. The topological polar surface area (TPSA) is 66.8 Å². The van der Waals surface area contributed by atoms with Crippen molar-refractivity contribution < 1.29 is 19.7 Å². The molecule has 4 nitrogen and oxygen atoms in total. The van der Waals surface area contributed by atoms with Crippen molar-refractivity contribution in [3.05, 3.63) is 0 Å². The molecule has 0 amide bonds. The number of hydrogen-bond acceptors (Lipinski definition) is 4. The van der Waals surface area contributed by atoms with Crippen LogP contribution in [-0.4, -0.2) is 35.0 Å². The Bertz CT molecular complexity index is 154. The Morgan fingerprint density at radius 1 is 1.21 bits per heavy atom. The van der Waals surface area contributed by atoms with E-state index >= 15 is 0 Å². The SMILES string of the molecule is CC(O)CCCOC(=O)CCC(C)O. The number of aliphatic hydroxyl groups is 2. The van der Waals surface area contributed by atoms with Crippen LogP contribution in [0.2, 0.25) is 0 Å². The molecule has 0 spiro atoms. The molecule has 2 N–H and O–H groups in total. The third kappa shape index (κ3) is 9.48. The summed E-state index contributed by atoms with van der Waals surface area (Å²) >= 11 is 0. The van der Waals surface area contributed by atoms with E-state index < -0.39 is 6.10 Å². The zero-order chi connectivity index (χ0) is 11.0. The van der Waals surface area contributed by atoms with Gasteiger partial charge in [-0.3, -0.25) is 4.79 Å². The van der Waals surface area contributed by atoms with Crippen LogP contribution >= 0.6 is 0 Å². The van der Waals surface area contributed by atoms with Crippen LogP contribution in [0, 0.1) is 0 Å². The number of hydrogen-bond donors (Lipinski definition) is 2. The standard InChI is InChI=1S/C10H20O4/c1-8(11)4-3-7-14-10(13)6-5-9(2)12/h8-9,11-12H,3-7H2,1-2H3. The van der Waals surface area contributed by atoms with Gasteiger partial charge in [-0.05, 0) is 33.1 Å². The van der Waals surface area contributed by atoms with Gasteiger partial charge in [0.15, 0.2) is 0 Å². The summed E-state index contributed by atoms with van der Waals surface area (Å²) in [5.41, 5.74) is 0. The zero-order valence-corrected chi connectivity index (χ0v) is 8.90. The van der Waals surface area contributed by atoms with E-state index in [1.54, 1.807) is 13.8 Å². The molecule has 0 radical (unpaired) electrons. The van der Waals surface area contributed by atoms with Crippen LogP contribution in [-0.2, 0) is 9.53 Å². The molecule has 0 saturated carbocycles. The molecule has 84 valence electrons. The third-order valence-electron chi connectivity index (χ3n) is 1.80. The predicted molar refractivity (Wildman–Crippen MR) is 52.8 cm³/mol. The maximum absolute atomic E-state index is 11.0. The average Bonchev–Trinajstić information content (AvgIpc) is 2.08. The van der Waals surface area contributed by atoms with Crippen LogP contribution in [0.5, 0.6) is 0 Å². The first kappa shape index (κ1) is 13.4. The van der Waals surface area contributed by atoms with Gasteiger partial charge in [-0.2, -0.15) is 0 Å². The molecule has 0 aromatic rings. The highest BCUT2D eigenvalue weighted by Crippen LogP contribution is 2.00. The highest BCUT2D eigenvalue weighted by atomic mass is 16.5. The summed E-state index contributed by atoms with van der Waals surface area (Å²) in [5, 5.41) is 17.8. The smallest absolute Gasteiger partial charge is 0.305 e. The zero-order valence-electron chi connectivity index (χ0n) is 8.90. The fraction of sp³-hybridized carbons (Fsp3) is 0.900. The molecule has 0 aliphatic carbocycles. The van der Waals surface area contributed by atoms with E-state index in [1.807, 2.05) is 0 Å². The maximum Gasteiger partial charge on any atom is 0.305 e. The molecule has 0 rings (SSSR count). The molecule has 14 heavy (non-hydrogen) atoms. The minimum Gasteiger partial charge on any atom is -0.466 e.